The molecule has 2 atom stereocenters. The average molecular weight is 329 g/mol. The van der Waals surface area contributed by atoms with Crippen LogP contribution in [0.4, 0.5) is 10.5 Å². The van der Waals surface area contributed by atoms with Crippen LogP contribution in [-0.4, -0.2) is 41.4 Å². The zero-order valence-corrected chi connectivity index (χ0v) is 14.3. The van der Waals surface area contributed by atoms with Gasteiger partial charge in [0.2, 0.25) is 5.91 Å². The number of fused-ring (bicyclic) bond motifs is 1. The molecule has 2 aliphatic heterocycles. The summed E-state index contributed by atoms with van der Waals surface area (Å²) in [7, 11) is 0. The van der Waals surface area contributed by atoms with Crippen molar-refractivity contribution in [3.05, 3.63) is 29.8 Å². The third kappa shape index (κ3) is 2.77. The molecule has 0 spiro atoms. The Hall–Kier alpha value is -2.37. The third-order valence-corrected chi connectivity index (χ3v) is 4.81. The molecule has 1 aromatic rings. The largest absolute Gasteiger partial charge is 0.326 e. The molecule has 4 amide bonds. The van der Waals surface area contributed by atoms with Crippen molar-refractivity contribution in [2.24, 2.45) is 5.92 Å². The second-order valence-corrected chi connectivity index (χ2v) is 6.88. The summed E-state index contributed by atoms with van der Waals surface area (Å²) in [5.41, 5.74) is 2.01. The molecule has 2 aliphatic rings. The van der Waals surface area contributed by atoms with Crippen LogP contribution in [0.5, 0.6) is 0 Å². The first kappa shape index (κ1) is 16.5. The molecule has 1 fully saturated rings. The second kappa shape index (κ2) is 6.26. The molecule has 24 heavy (non-hydrogen) atoms. The minimum Gasteiger partial charge on any atom is -0.326 e. The van der Waals surface area contributed by atoms with Crippen molar-refractivity contribution in [3.63, 3.8) is 0 Å². The van der Waals surface area contributed by atoms with E-state index in [9.17, 15) is 14.4 Å². The number of para-hydroxylation sites is 1. The number of nitrogens with zero attached hydrogens (tertiary/aromatic N) is 2. The van der Waals surface area contributed by atoms with E-state index < -0.39 is 12.1 Å². The second-order valence-electron chi connectivity index (χ2n) is 6.88. The fraction of sp³-hybridized carbons (Fsp3) is 0.500. The number of carbonyl (C=O) groups is 3. The number of aryl methyl sites for hydroxylation is 1. The van der Waals surface area contributed by atoms with Gasteiger partial charge < -0.3 is 10.2 Å². The van der Waals surface area contributed by atoms with Gasteiger partial charge in [-0.1, -0.05) is 32.0 Å². The van der Waals surface area contributed by atoms with E-state index in [0.717, 1.165) is 29.0 Å². The Morgan fingerprint density at radius 1 is 1.29 bits per heavy atom. The van der Waals surface area contributed by atoms with Crippen molar-refractivity contribution >= 4 is 23.5 Å². The maximum absolute atomic E-state index is 12.8. The standard InChI is InChI=1S/C18H23N3O3/c1-11(2)16-17(23)20(18(24)19-16)10-15(22)21-12(3)8-9-13-6-4-5-7-14(13)21/h4-7,11-12,16H,8-10H2,1-3H3,(H,19,24). The highest BCUT2D eigenvalue weighted by Crippen LogP contribution is 2.30. The topological polar surface area (TPSA) is 69.7 Å². The van der Waals surface area contributed by atoms with Gasteiger partial charge in [0.25, 0.3) is 5.91 Å². The lowest BCUT2D eigenvalue weighted by Crippen LogP contribution is -2.48. The van der Waals surface area contributed by atoms with Gasteiger partial charge in [-0.05, 0) is 37.3 Å². The molecule has 3 rings (SSSR count). The molecule has 0 saturated carbocycles. The SMILES string of the molecule is CC(C)C1NC(=O)N(CC(=O)N2c3ccccc3CCC2C)C1=O. The first-order valence-corrected chi connectivity index (χ1v) is 8.42. The molecule has 1 saturated heterocycles. The summed E-state index contributed by atoms with van der Waals surface area (Å²) in [5.74, 6) is -0.542. The quantitative estimate of drug-likeness (QED) is 0.862. The lowest BCUT2D eigenvalue weighted by atomic mass is 9.96. The number of carbonyl (C=O) groups excluding carboxylic acids is 3. The predicted octanol–water partition coefficient (Wildman–Crippen LogP) is 1.93. The van der Waals surface area contributed by atoms with Crippen molar-refractivity contribution in [1.29, 1.82) is 0 Å². The van der Waals surface area contributed by atoms with Crippen LogP contribution < -0.4 is 10.2 Å². The van der Waals surface area contributed by atoms with Gasteiger partial charge in [-0.15, -0.1) is 0 Å². The van der Waals surface area contributed by atoms with E-state index >= 15 is 0 Å². The van der Waals surface area contributed by atoms with E-state index in [1.165, 1.54) is 0 Å². The number of hydrogen-bond donors (Lipinski definition) is 1. The monoisotopic (exact) mass is 329 g/mol. The summed E-state index contributed by atoms with van der Waals surface area (Å²) in [4.78, 5) is 40.1. The predicted molar refractivity (Wildman–Crippen MR) is 90.6 cm³/mol. The van der Waals surface area contributed by atoms with Crippen LogP contribution in [0.25, 0.3) is 0 Å². The van der Waals surface area contributed by atoms with E-state index in [1.807, 2.05) is 45.0 Å². The zero-order chi connectivity index (χ0) is 17.4. The highest BCUT2D eigenvalue weighted by atomic mass is 16.2. The zero-order valence-electron chi connectivity index (χ0n) is 14.3. The first-order chi connectivity index (χ1) is 11.4. The number of urea groups is 1. The minimum absolute atomic E-state index is 0.00353. The molecule has 1 N–H and O–H groups in total. The number of anilines is 1. The molecule has 2 heterocycles. The van der Waals surface area contributed by atoms with E-state index in [1.54, 1.807) is 4.90 Å². The molecule has 128 valence electrons. The van der Waals surface area contributed by atoms with Crippen LogP contribution in [0.3, 0.4) is 0 Å². The summed E-state index contributed by atoms with van der Waals surface area (Å²) in [5, 5.41) is 2.66. The Morgan fingerprint density at radius 2 is 2.00 bits per heavy atom. The highest BCUT2D eigenvalue weighted by molar-refractivity contribution is 6.08. The molecular formula is C18H23N3O3. The average Bonchev–Trinajstić information content (AvgIpc) is 2.83. The maximum Gasteiger partial charge on any atom is 0.325 e. The summed E-state index contributed by atoms with van der Waals surface area (Å²) in [6.45, 7) is 5.53. The Bertz CT molecular complexity index is 686. The van der Waals surface area contributed by atoms with E-state index in [4.69, 9.17) is 0 Å². The number of hydrogen-bond acceptors (Lipinski definition) is 3. The van der Waals surface area contributed by atoms with Gasteiger partial charge in [0.1, 0.15) is 12.6 Å². The molecule has 1 aromatic carbocycles. The van der Waals surface area contributed by atoms with E-state index in [0.29, 0.717) is 0 Å². The normalized spacial score (nSPS) is 23.5. The third-order valence-electron chi connectivity index (χ3n) is 4.81. The fourth-order valence-corrected chi connectivity index (χ4v) is 3.42. The van der Waals surface area contributed by atoms with Gasteiger partial charge in [-0.2, -0.15) is 0 Å². The summed E-state index contributed by atoms with van der Waals surface area (Å²) in [6.07, 6.45) is 1.80. The molecule has 6 heteroatoms. The van der Waals surface area contributed by atoms with E-state index in [-0.39, 0.29) is 30.3 Å². The minimum atomic E-state index is -0.545. The van der Waals surface area contributed by atoms with Crippen molar-refractivity contribution in [2.45, 2.75) is 45.7 Å². The van der Waals surface area contributed by atoms with Crippen LogP contribution in [-0.2, 0) is 16.0 Å². The van der Waals surface area contributed by atoms with Gasteiger partial charge in [0.05, 0.1) is 0 Å². The molecule has 6 nitrogen and oxygen atoms in total. The highest BCUT2D eigenvalue weighted by Gasteiger charge is 2.41. The van der Waals surface area contributed by atoms with Gasteiger partial charge in [-0.3, -0.25) is 14.5 Å². The maximum atomic E-state index is 12.8. The number of benzene rings is 1. The molecule has 2 unspecified atom stereocenters. The smallest absolute Gasteiger partial charge is 0.325 e. The van der Waals surface area contributed by atoms with Gasteiger partial charge in [0, 0.05) is 11.7 Å². The number of imide groups is 1. The van der Waals surface area contributed by atoms with Crippen molar-refractivity contribution in [1.82, 2.24) is 10.2 Å². The number of rotatable bonds is 3. The Labute approximate surface area is 141 Å². The Kier molecular flexibility index (Phi) is 4.30. The van der Waals surface area contributed by atoms with Crippen LogP contribution in [0, 0.1) is 5.92 Å². The molecule has 0 bridgehead atoms. The first-order valence-electron chi connectivity index (χ1n) is 8.42. The van der Waals surface area contributed by atoms with E-state index in [2.05, 4.69) is 5.32 Å². The Balaban J connectivity index is 1.80. The van der Waals surface area contributed by atoms with Crippen LogP contribution in [0.15, 0.2) is 24.3 Å². The number of nitrogens with one attached hydrogen (secondary N) is 1. The summed E-state index contributed by atoms with van der Waals surface area (Å²) < 4.78 is 0. The lowest BCUT2D eigenvalue weighted by molar-refractivity contribution is -0.132. The van der Waals surface area contributed by atoms with Crippen LogP contribution >= 0.6 is 0 Å². The molecule has 0 radical (unpaired) electrons. The van der Waals surface area contributed by atoms with Crippen LogP contribution in [0.2, 0.25) is 0 Å². The molecular weight excluding hydrogens is 306 g/mol. The van der Waals surface area contributed by atoms with Gasteiger partial charge in [0.15, 0.2) is 0 Å². The Morgan fingerprint density at radius 3 is 2.67 bits per heavy atom. The van der Waals surface area contributed by atoms with Crippen molar-refractivity contribution < 1.29 is 14.4 Å². The molecule has 0 aliphatic carbocycles. The summed E-state index contributed by atoms with van der Waals surface area (Å²) >= 11 is 0. The molecule has 0 aromatic heterocycles. The summed E-state index contributed by atoms with van der Waals surface area (Å²) in [6, 6.07) is 6.83. The van der Waals surface area contributed by atoms with Crippen molar-refractivity contribution in [3.8, 4) is 0 Å². The van der Waals surface area contributed by atoms with Gasteiger partial charge in [-0.25, -0.2) is 4.79 Å². The fourth-order valence-electron chi connectivity index (χ4n) is 3.42. The lowest BCUT2D eigenvalue weighted by Gasteiger charge is -2.36. The van der Waals surface area contributed by atoms with Crippen molar-refractivity contribution in [2.75, 3.05) is 11.4 Å². The number of amides is 4. The van der Waals surface area contributed by atoms with Gasteiger partial charge >= 0.3 is 6.03 Å². The van der Waals surface area contributed by atoms with Crippen LogP contribution in [0.1, 0.15) is 32.8 Å².